The number of methoxy groups -OCH3 is 2. The van der Waals surface area contributed by atoms with Gasteiger partial charge >= 0.3 is 6.09 Å². The van der Waals surface area contributed by atoms with Crippen molar-refractivity contribution in [3.63, 3.8) is 0 Å². The molecule has 1 N–H and O–H groups in total. The Balaban J connectivity index is 1.84. The summed E-state index contributed by atoms with van der Waals surface area (Å²) in [5, 5.41) is 7.57. The van der Waals surface area contributed by atoms with Crippen molar-refractivity contribution in [3.05, 3.63) is 53.3 Å². The van der Waals surface area contributed by atoms with Crippen molar-refractivity contribution in [1.29, 1.82) is 0 Å². The number of benzene rings is 2. The van der Waals surface area contributed by atoms with Crippen LogP contribution in [0.2, 0.25) is 0 Å². The van der Waals surface area contributed by atoms with E-state index in [0.717, 1.165) is 16.7 Å². The third kappa shape index (κ3) is 3.45. The summed E-state index contributed by atoms with van der Waals surface area (Å²) in [5.74, 6) is 1.25. The average Bonchev–Trinajstić information content (AvgIpc) is 3.23. The van der Waals surface area contributed by atoms with Crippen LogP contribution in [0, 0.1) is 5.82 Å². The molecule has 0 aliphatic heterocycles. The van der Waals surface area contributed by atoms with Gasteiger partial charge in [0.25, 0.3) is 0 Å². The van der Waals surface area contributed by atoms with Gasteiger partial charge in [-0.3, -0.25) is 0 Å². The highest BCUT2D eigenvalue weighted by atomic mass is 19.1. The van der Waals surface area contributed by atoms with Gasteiger partial charge in [0.1, 0.15) is 5.82 Å². The third-order valence-corrected chi connectivity index (χ3v) is 4.81. The van der Waals surface area contributed by atoms with Gasteiger partial charge in [-0.1, -0.05) is 6.07 Å². The first-order valence-electron chi connectivity index (χ1n) is 9.52. The maximum Gasteiger partial charge on any atom is 0.435 e. The molecule has 0 fully saturated rings. The number of nitrogens with one attached hydrogen (secondary N) is 1. The van der Waals surface area contributed by atoms with Gasteiger partial charge in [0.2, 0.25) is 0 Å². The van der Waals surface area contributed by atoms with E-state index in [4.69, 9.17) is 14.2 Å². The monoisotopic (exact) mass is 411 g/mol. The number of halogens is 1. The Bertz CT molecular complexity index is 1120. The molecular weight excluding hydrogens is 389 g/mol. The summed E-state index contributed by atoms with van der Waals surface area (Å²) in [5.41, 5.74) is 3.74. The topological polar surface area (TPSA) is 74.6 Å². The molecule has 1 aliphatic carbocycles. The van der Waals surface area contributed by atoms with Gasteiger partial charge in [0, 0.05) is 23.2 Å². The van der Waals surface area contributed by atoms with Gasteiger partial charge in [-0.15, -0.1) is 5.10 Å². The molecule has 2 aromatic carbocycles. The Hall–Kier alpha value is -3.55. The Kier molecular flexibility index (Phi) is 5.07. The maximum absolute atomic E-state index is 13.6. The first-order chi connectivity index (χ1) is 14.4. The van der Waals surface area contributed by atoms with E-state index in [1.807, 2.05) is 12.1 Å². The predicted octanol–water partition coefficient (Wildman–Crippen LogP) is 4.75. The largest absolute Gasteiger partial charge is 0.493 e. The van der Waals surface area contributed by atoms with Crippen molar-refractivity contribution in [2.45, 2.75) is 26.4 Å². The van der Waals surface area contributed by atoms with Crippen molar-refractivity contribution < 1.29 is 23.4 Å². The Morgan fingerprint density at radius 2 is 1.90 bits per heavy atom. The zero-order valence-electron chi connectivity index (χ0n) is 17.2. The van der Waals surface area contributed by atoms with Gasteiger partial charge in [0.05, 0.1) is 26.0 Å². The molecule has 0 unspecified atom stereocenters. The summed E-state index contributed by atoms with van der Waals surface area (Å²) < 4.78 is 31.1. The zero-order chi connectivity index (χ0) is 21.4. The number of hydrogen-bond acceptors (Lipinski definition) is 6. The minimum Gasteiger partial charge on any atom is -0.493 e. The molecule has 4 rings (SSSR count). The first kappa shape index (κ1) is 19.8. The zero-order valence-corrected chi connectivity index (χ0v) is 17.2. The molecular formula is C22H22FN3O4. The normalized spacial score (nSPS) is 11.8. The van der Waals surface area contributed by atoms with Crippen LogP contribution in [0.1, 0.15) is 25.0 Å². The molecule has 30 heavy (non-hydrogen) atoms. The number of aromatic nitrogens is 2. The number of anilines is 2. The van der Waals surface area contributed by atoms with E-state index in [9.17, 15) is 9.18 Å². The highest BCUT2D eigenvalue weighted by Gasteiger charge is 2.32. The van der Waals surface area contributed by atoms with Gasteiger partial charge in [0.15, 0.2) is 17.3 Å². The van der Waals surface area contributed by atoms with Crippen LogP contribution in [-0.4, -0.2) is 36.2 Å². The fourth-order valence-electron chi connectivity index (χ4n) is 3.56. The fourth-order valence-corrected chi connectivity index (χ4v) is 3.56. The van der Waals surface area contributed by atoms with Crippen molar-refractivity contribution in [1.82, 2.24) is 9.78 Å². The van der Waals surface area contributed by atoms with E-state index in [-0.39, 0.29) is 11.9 Å². The summed E-state index contributed by atoms with van der Waals surface area (Å²) in [6, 6.07) is 9.78. The molecule has 1 aliphatic rings. The van der Waals surface area contributed by atoms with Gasteiger partial charge < -0.3 is 19.5 Å². The van der Waals surface area contributed by atoms with Crippen LogP contribution in [0.4, 0.5) is 20.7 Å². The van der Waals surface area contributed by atoms with E-state index in [1.165, 1.54) is 16.8 Å². The Labute approximate surface area is 173 Å². The second kappa shape index (κ2) is 7.70. The summed E-state index contributed by atoms with van der Waals surface area (Å²) in [7, 11) is 3.13. The van der Waals surface area contributed by atoms with E-state index in [0.29, 0.717) is 35.1 Å². The quantitative estimate of drug-likeness (QED) is 0.511. The lowest BCUT2D eigenvalue weighted by atomic mass is 10.1. The molecule has 0 spiro atoms. The molecule has 0 radical (unpaired) electrons. The second-order valence-electron chi connectivity index (χ2n) is 7.20. The second-order valence-corrected chi connectivity index (χ2v) is 7.20. The minimum absolute atomic E-state index is 0.303. The summed E-state index contributed by atoms with van der Waals surface area (Å²) in [6.45, 7) is 3.55. The fraction of sp³-hybridized carbons (Fsp3) is 0.273. The third-order valence-electron chi connectivity index (χ3n) is 4.81. The van der Waals surface area contributed by atoms with Crippen LogP contribution in [0.5, 0.6) is 11.5 Å². The van der Waals surface area contributed by atoms with Gasteiger partial charge in [-0.2, -0.15) is 4.68 Å². The first-order valence-corrected chi connectivity index (χ1v) is 9.52. The maximum atomic E-state index is 13.6. The van der Waals surface area contributed by atoms with Crippen molar-refractivity contribution in [2.75, 3.05) is 19.5 Å². The standard InChI is InChI=1S/C22H22FN3O4/c1-12(2)30-22(27)26-20-16-11-19(29-4)18(28-3)9-13(16)8-17(20)21(25-26)24-15-7-5-6-14(23)10-15/h5-7,9-12H,8H2,1-4H3,(H,24,25). The number of nitrogens with zero attached hydrogens (tertiary/aromatic N) is 2. The van der Waals surface area contributed by atoms with Crippen LogP contribution in [0.15, 0.2) is 36.4 Å². The average molecular weight is 411 g/mol. The van der Waals surface area contributed by atoms with E-state index >= 15 is 0 Å². The molecule has 0 saturated heterocycles. The molecule has 7 nitrogen and oxygen atoms in total. The lowest BCUT2D eigenvalue weighted by molar-refractivity contribution is 0.114. The highest BCUT2D eigenvalue weighted by molar-refractivity contribution is 5.88. The number of ether oxygens (including phenoxy) is 3. The SMILES string of the molecule is COc1cc2c(cc1OC)-c1c(c(Nc3cccc(F)c3)nn1C(=O)OC(C)C)C2. The van der Waals surface area contributed by atoms with E-state index in [2.05, 4.69) is 10.4 Å². The number of carbonyl (C=O) groups excluding carboxylic acids is 1. The van der Waals surface area contributed by atoms with Crippen molar-refractivity contribution >= 4 is 17.6 Å². The molecule has 1 heterocycles. The molecule has 0 atom stereocenters. The molecule has 1 aromatic heterocycles. The minimum atomic E-state index is -0.587. The lowest BCUT2D eigenvalue weighted by Gasteiger charge is -2.12. The Morgan fingerprint density at radius 3 is 2.57 bits per heavy atom. The molecule has 156 valence electrons. The number of carbonyl (C=O) groups is 1. The Morgan fingerprint density at radius 1 is 1.17 bits per heavy atom. The molecule has 0 amide bonds. The number of hydrogen-bond donors (Lipinski definition) is 1. The van der Waals surface area contributed by atoms with E-state index < -0.39 is 6.09 Å². The smallest absolute Gasteiger partial charge is 0.435 e. The summed E-state index contributed by atoms with van der Waals surface area (Å²) in [4.78, 5) is 12.8. The summed E-state index contributed by atoms with van der Waals surface area (Å²) in [6.07, 6.45) is -0.364. The highest BCUT2D eigenvalue weighted by Crippen LogP contribution is 2.45. The van der Waals surface area contributed by atoms with E-state index in [1.54, 1.807) is 40.2 Å². The predicted molar refractivity (Wildman–Crippen MR) is 110 cm³/mol. The van der Waals surface area contributed by atoms with Crippen LogP contribution >= 0.6 is 0 Å². The lowest BCUT2D eigenvalue weighted by Crippen LogP contribution is -2.20. The van der Waals surface area contributed by atoms with Crippen LogP contribution < -0.4 is 14.8 Å². The molecule has 0 saturated carbocycles. The molecule has 0 bridgehead atoms. The van der Waals surface area contributed by atoms with Crippen LogP contribution in [0.3, 0.4) is 0 Å². The molecule has 3 aromatic rings. The number of rotatable bonds is 5. The summed E-state index contributed by atoms with van der Waals surface area (Å²) >= 11 is 0. The number of fused-ring (bicyclic) bond motifs is 3. The van der Waals surface area contributed by atoms with Crippen molar-refractivity contribution in [2.24, 2.45) is 0 Å². The van der Waals surface area contributed by atoms with Crippen LogP contribution in [0.25, 0.3) is 11.3 Å². The van der Waals surface area contributed by atoms with Gasteiger partial charge in [-0.05, 0) is 49.7 Å². The van der Waals surface area contributed by atoms with Crippen molar-refractivity contribution in [3.8, 4) is 22.8 Å². The molecule has 8 heteroatoms. The van der Waals surface area contributed by atoms with Gasteiger partial charge in [-0.25, -0.2) is 9.18 Å². The van der Waals surface area contributed by atoms with Crippen LogP contribution in [-0.2, 0) is 11.2 Å².